The maximum absolute atomic E-state index is 13.4. The normalized spacial score (nSPS) is 11.3. The number of hydrogen-bond acceptors (Lipinski definition) is 5. The molecule has 0 saturated carbocycles. The highest BCUT2D eigenvalue weighted by atomic mass is 32.2. The molecule has 0 amide bonds. The highest BCUT2D eigenvalue weighted by Gasteiger charge is 2.22. The summed E-state index contributed by atoms with van der Waals surface area (Å²) >= 11 is 0. The van der Waals surface area contributed by atoms with Gasteiger partial charge in [0.2, 0.25) is 0 Å². The summed E-state index contributed by atoms with van der Waals surface area (Å²) in [6.07, 6.45) is 1.65. The first-order chi connectivity index (χ1) is 15.5. The fourth-order valence-electron chi connectivity index (χ4n) is 3.39. The van der Waals surface area contributed by atoms with Gasteiger partial charge in [0.25, 0.3) is 10.0 Å². The Morgan fingerprint density at radius 2 is 1.47 bits per heavy atom. The molecular weight excluding hydrogens is 424 g/mol. The Morgan fingerprint density at radius 1 is 0.844 bits per heavy atom. The van der Waals surface area contributed by atoms with E-state index in [2.05, 4.69) is 5.32 Å². The summed E-state index contributed by atoms with van der Waals surface area (Å²) in [5.41, 5.74) is 2.21. The third kappa shape index (κ3) is 4.54. The van der Waals surface area contributed by atoms with Crippen LogP contribution in [0.5, 0.6) is 17.2 Å². The van der Waals surface area contributed by atoms with E-state index in [1.54, 1.807) is 37.6 Å². The fourth-order valence-corrected chi connectivity index (χ4v) is 4.78. The SMILES string of the molecule is CNCc1cc(-c2ccc(Oc3ccccc3)cc2)n(S(=O)(=O)c2ccc(OC)cc2)c1. The van der Waals surface area contributed by atoms with Gasteiger partial charge in [0, 0.05) is 12.7 Å². The first-order valence-corrected chi connectivity index (χ1v) is 11.5. The van der Waals surface area contributed by atoms with Gasteiger partial charge in [0.15, 0.2) is 0 Å². The average molecular weight is 449 g/mol. The van der Waals surface area contributed by atoms with Crippen molar-refractivity contribution in [3.8, 4) is 28.5 Å². The topological polar surface area (TPSA) is 69.6 Å². The van der Waals surface area contributed by atoms with Crippen LogP contribution in [0.25, 0.3) is 11.3 Å². The standard InChI is InChI=1S/C25H24N2O4S/c1-26-17-19-16-25(20-8-10-23(11-9-20)31-22-6-4-3-5-7-22)27(18-19)32(28,29)24-14-12-21(30-2)13-15-24/h3-16,18,26H,17H2,1-2H3. The van der Waals surface area contributed by atoms with E-state index in [1.165, 1.54) is 3.97 Å². The van der Waals surface area contributed by atoms with Gasteiger partial charge in [-0.15, -0.1) is 0 Å². The maximum atomic E-state index is 13.4. The minimum atomic E-state index is -3.80. The summed E-state index contributed by atoms with van der Waals surface area (Å²) in [5.74, 6) is 2.01. The van der Waals surface area contributed by atoms with Gasteiger partial charge in [0.1, 0.15) is 17.2 Å². The Balaban J connectivity index is 1.70. The molecule has 0 radical (unpaired) electrons. The average Bonchev–Trinajstić information content (AvgIpc) is 3.25. The third-order valence-corrected chi connectivity index (χ3v) is 6.66. The van der Waals surface area contributed by atoms with Crippen molar-refractivity contribution in [3.63, 3.8) is 0 Å². The van der Waals surface area contributed by atoms with Crippen molar-refractivity contribution >= 4 is 10.0 Å². The Hall–Kier alpha value is -3.55. The number of hydrogen-bond donors (Lipinski definition) is 1. The van der Waals surface area contributed by atoms with Crippen LogP contribution in [0.15, 0.2) is 96.0 Å². The number of ether oxygens (including phenoxy) is 2. The maximum Gasteiger partial charge on any atom is 0.268 e. The van der Waals surface area contributed by atoms with Gasteiger partial charge in [-0.2, -0.15) is 0 Å². The number of para-hydroxylation sites is 1. The second kappa shape index (κ2) is 9.30. The number of aromatic nitrogens is 1. The number of methoxy groups -OCH3 is 1. The van der Waals surface area contributed by atoms with E-state index in [9.17, 15) is 8.42 Å². The van der Waals surface area contributed by atoms with Gasteiger partial charge < -0.3 is 14.8 Å². The van der Waals surface area contributed by atoms with Crippen molar-refractivity contribution < 1.29 is 17.9 Å². The quantitative estimate of drug-likeness (QED) is 0.415. The molecule has 32 heavy (non-hydrogen) atoms. The summed E-state index contributed by atoms with van der Waals surface area (Å²) in [7, 11) is -0.428. The molecule has 1 N–H and O–H groups in total. The second-order valence-corrected chi connectivity index (χ2v) is 8.99. The van der Waals surface area contributed by atoms with Crippen LogP contribution >= 0.6 is 0 Å². The summed E-state index contributed by atoms with van der Waals surface area (Å²) in [6, 6.07) is 25.1. The molecule has 0 aliphatic heterocycles. The van der Waals surface area contributed by atoms with E-state index in [0.29, 0.717) is 23.7 Å². The molecule has 4 rings (SSSR count). The first kappa shape index (κ1) is 21.7. The molecule has 3 aromatic carbocycles. The largest absolute Gasteiger partial charge is 0.497 e. The van der Waals surface area contributed by atoms with Crippen molar-refractivity contribution in [1.29, 1.82) is 0 Å². The van der Waals surface area contributed by atoms with Gasteiger partial charge in [-0.1, -0.05) is 18.2 Å². The first-order valence-electron chi connectivity index (χ1n) is 10.1. The molecule has 0 unspecified atom stereocenters. The van der Waals surface area contributed by atoms with Crippen molar-refractivity contribution in [3.05, 3.63) is 96.7 Å². The predicted octanol–water partition coefficient (Wildman–Crippen LogP) is 4.91. The third-order valence-electron chi connectivity index (χ3n) is 4.97. The van der Waals surface area contributed by atoms with Crippen molar-refractivity contribution in [1.82, 2.24) is 9.29 Å². The Kier molecular flexibility index (Phi) is 6.30. The molecule has 1 heterocycles. The molecule has 0 aliphatic rings. The van der Waals surface area contributed by atoms with E-state index in [1.807, 2.05) is 67.7 Å². The van der Waals surface area contributed by atoms with Crippen LogP contribution in [0.3, 0.4) is 0 Å². The number of benzene rings is 3. The van der Waals surface area contributed by atoms with Crippen molar-refractivity contribution in [2.75, 3.05) is 14.2 Å². The van der Waals surface area contributed by atoms with Gasteiger partial charge in [-0.05, 0) is 84.9 Å². The molecule has 0 aliphatic carbocycles. The van der Waals surface area contributed by atoms with Gasteiger partial charge in [0.05, 0.1) is 17.7 Å². The van der Waals surface area contributed by atoms with Gasteiger partial charge in [-0.3, -0.25) is 0 Å². The van der Waals surface area contributed by atoms with Gasteiger partial charge >= 0.3 is 0 Å². The lowest BCUT2D eigenvalue weighted by molar-refractivity contribution is 0.414. The smallest absolute Gasteiger partial charge is 0.268 e. The lowest BCUT2D eigenvalue weighted by Crippen LogP contribution is -2.13. The molecule has 0 spiro atoms. The highest BCUT2D eigenvalue weighted by molar-refractivity contribution is 7.90. The molecule has 0 atom stereocenters. The molecule has 4 aromatic rings. The summed E-state index contributed by atoms with van der Waals surface area (Å²) < 4.78 is 39.2. The zero-order valence-electron chi connectivity index (χ0n) is 17.9. The molecule has 6 nitrogen and oxygen atoms in total. The summed E-state index contributed by atoms with van der Waals surface area (Å²) in [6.45, 7) is 0.549. The zero-order valence-corrected chi connectivity index (χ0v) is 18.7. The second-order valence-electron chi connectivity index (χ2n) is 7.18. The van der Waals surface area contributed by atoms with Crippen LogP contribution in [0.2, 0.25) is 0 Å². The molecule has 0 saturated heterocycles. The van der Waals surface area contributed by atoms with E-state index < -0.39 is 10.0 Å². The Labute approximate surface area is 188 Å². The predicted molar refractivity (Wildman–Crippen MR) is 125 cm³/mol. The molecule has 0 bridgehead atoms. The minimum Gasteiger partial charge on any atom is -0.497 e. The van der Waals surface area contributed by atoms with Crippen LogP contribution in [-0.4, -0.2) is 26.5 Å². The number of nitrogens with zero attached hydrogens (tertiary/aromatic N) is 1. The Bertz CT molecular complexity index is 1280. The number of rotatable bonds is 8. The fraction of sp³-hybridized carbons (Fsp3) is 0.120. The number of nitrogens with one attached hydrogen (secondary N) is 1. The lowest BCUT2D eigenvalue weighted by Gasteiger charge is -2.12. The minimum absolute atomic E-state index is 0.190. The van der Waals surface area contributed by atoms with E-state index in [-0.39, 0.29) is 4.90 Å². The summed E-state index contributed by atoms with van der Waals surface area (Å²) in [5, 5.41) is 3.07. The van der Waals surface area contributed by atoms with Gasteiger partial charge in [-0.25, -0.2) is 12.4 Å². The molecular formula is C25H24N2O4S. The van der Waals surface area contributed by atoms with Crippen LogP contribution in [0, 0.1) is 0 Å². The molecule has 7 heteroatoms. The summed E-state index contributed by atoms with van der Waals surface area (Å²) in [4.78, 5) is 0.190. The van der Waals surface area contributed by atoms with Crippen LogP contribution in [-0.2, 0) is 16.6 Å². The van der Waals surface area contributed by atoms with Crippen LogP contribution in [0.1, 0.15) is 5.56 Å². The van der Waals surface area contributed by atoms with Crippen molar-refractivity contribution in [2.24, 2.45) is 0 Å². The van der Waals surface area contributed by atoms with Crippen LogP contribution in [0.4, 0.5) is 0 Å². The van der Waals surface area contributed by atoms with Crippen LogP contribution < -0.4 is 14.8 Å². The Morgan fingerprint density at radius 3 is 2.09 bits per heavy atom. The van der Waals surface area contributed by atoms with Crippen molar-refractivity contribution in [2.45, 2.75) is 11.4 Å². The molecule has 1 aromatic heterocycles. The van der Waals surface area contributed by atoms with E-state index in [0.717, 1.165) is 16.9 Å². The highest BCUT2D eigenvalue weighted by Crippen LogP contribution is 2.30. The van der Waals surface area contributed by atoms with E-state index >= 15 is 0 Å². The molecule has 164 valence electrons. The monoisotopic (exact) mass is 448 g/mol. The lowest BCUT2D eigenvalue weighted by atomic mass is 10.1. The molecule has 0 fully saturated rings. The van der Waals surface area contributed by atoms with E-state index in [4.69, 9.17) is 9.47 Å². The zero-order chi connectivity index (χ0) is 22.6.